The predicted molar refractivity (Wildman–Crippen MR) is 145 cm³/mol. The van der Waals surface area contributed by atoms with Crippen LogP contribution in [0.2, 0.25) is 0 Å². The van der Waals surface area contributed by atoms with Crippen molar-refractivity contribution < 1.29 is 14.7 Å². The molecule has 188 valence electrons. The van der Waals surface area contributed by atoms with Gasteiger partial charge in [-0.2, -0.15) is 0 Å². The first-order valence-corrected chi connectivity index (χ1v) is 11.9. The second-order valence-electron chi connectivity index (χ2n) is 9.68. The smallest absolute Gasteiger partial charge is 0.227 e. The molecule has 5 N–H and O–H groups in total. The van der Waals surface area contributed by atoms with Crippen LogP contribution in [-0.4, -0.2) is 35.9 Å². The Hall–Kier alpha value is -3.97. The van der Waals surface area contributed by atoms with Gasteiger partial charge < -0.3 is 21.1 Å². The molecule has 0 aromatic heterocycles. The Balaban J connectivity index is 1.62. The maximum Gasteiger partial charge on any atom is 0.227 e. The lowest BCUT2D eigenvalue weighted by Gasteiger charge is -2.22. The summed E-state index contributed by atoms with van der Waals surface area (Å²) in [4.78, 5) is 26.7. The Kier molecular flexibility index (Phi) is 8.61. The Morgan fingerprint density at radius 2 is 1.44 bits per heavy atom. The minimum Gasteiger partial charge on any atom is -0.395 e. The molecule has 0 heterocycles. The third-order valence-electron chi connectivity index (χ3n) is 5.93. The molecule has 0 radical (unpaired) electrons. The number of nitrogen functional groups attached to an aromatic ring is 1. The van der Waals surface area contributed by atoms with Crippen LogP contribution in [0, 0.1) is 5.41 Å². The molecule has 0 aliphatic rings. The molecule has 0 aliphatic carbocycles. The van der Waals surface area contributed by atoms with Crippen LogP contribution in [0.15, 0.2) is 72.8 Å². The first-order chi connectivity index (χ1) is 17.1. The number of amidine groups is 1. The number of hydrogen-bond acceptors (Lipinski definition) is 4. The van der Waals surface area contributed by atoms with E-state index in [4.69, 9.17) is 11.1 Å². The number of benzene rings is 3. The highest BCUT2D eigenvalue weighted by atomic mass is 16.3. The lowest BCUT2D eigenvalue weighted by atomic mass is 9.86. The van der Waals surface area contributed by atoms with E-state index in [0.29, 0.717) is 16.9 Å². The Morgan fingerprint density at radius 3 is 1.94 bits per heavy atom. The number of carbonyl (C=O) groups excluding carboxylic acids is 2. The number of rotatable bonds is 9. The first-order valence-electron chi connectivity index (χ1n) is 11.9. The largest absolute Gasteiger partial charge is 0.395 e. The molecule has 3 aromatic carbocycles. The number of hydrogen-bond donors (Lipinski definition) is 4. The molecule has 0 saturated carbocycles. The number of aliphatic hydroxyl groups excluding tert-OH is 1. The van der Waals surface area contributed by atoms with Crippen LogP contribution in [0.5, 0.6) is 0 Å². The first kappa shape index (κ1) is 26.6. The van der Waals surface area contributed by atoms with E-state index in [2.05, 4.69) is 50.4 Å². The summed E-state index contributed by atoms with van der Waals surface area (Å²) in [6, 6.07) is 22.7. The van der Waals surface area contributed by atoms with Gasteiger partial charge in [-0.3, -0.25) is 15.0 Å². The van der Waals surface area contributed by atoms with E-state index in [1.807, 2.05) is 24.3 Å². The van der Waals surface area contributed by atoms with Gasteiger partial charge in [0.1, 0.15) is 5.84 Å². The van der Waals surface area contributed by atoms with Crippen molar-refractivity contribution in [3.05, 3.63) is 83.9 Å². The average Bonchev–Trinajstić information content (AvgIpc) is 2.86. The molecule has 3 aromatic rings. The number of aliphatic hydroxyl groups is 1. The number of carbonyl (C=O) groups is 2. The summed E-state index contributed by atoms with van der Waals surface area (Å²) >= 11 is 0. The third-order valence-corrected chi connectivity index (χ3v) is 5.93. The highest BCUT2D eigenvalue weighted by Gasteiger charge is 2.17. The van der Waals surface area contributed by atoms with Crippen molar-refractivity contribution in [2.24, 2.45) is 5.73 Å². The van der Waals surface area contributed by atoms with Gasteiger partial charge in [0.2, 0.25) is 11.8 Å². The SMILES string of the molecule is CC(C)(C)c1ccc(-c2ccc(N(CCO)C(=O)CCC(=O)Nc3ccc(C(=N)N)cc3)cc2)cc1. The van der Waals surface area contributed by atoms with Gasteiger partial charge in [-0.15, -0.1) is 0 Å². The lowest BCUT2D eigenvalue weighted by Crippen LogP contribution is -2.34. The van der Waals surface area contributed by atoms with E-state index in [-0.39, 0.29) is 49.1 Å². The van der Waals surface area contributed by atoms with E-state index in [9.17, 15) is 14.7 Å². The third kappa shape index (κ3) is 7.02. The zero-order valence-corrected chi connectivity index (χ0v) is 21.0. The molecule has 0 saturated heterocycles. The van der Waals surface area contributed by atoms with Crippen LogP contribution in [0.25, 0.3) is 11.1 Å². The topological polar surface area (TPSA) is 120 Å². The monoisotopic (exact) mass is 486 g/mol. The summed E-state index contributed by atoms with van der Waals surface area (Å²) in [6.07, 6.45) is 0.0147. The molecular formula is C29H34N4O3. The van der Waals surface area contributed by atoms with Crippen LogP contribution < -0.4 is 16.0 Å². The van der Waals surface area contributed by atoms with Gasteiger partial charge in [-0.25, -0.2) is 0 Å². The van der Waals surface area contributed by atoms with E-state index in [0.717, 1.165) is 11.1 Å². The van der Waals surface area contributed by atoms with Crippen molar-refractivity contribution in [3.63, 3.8) is 0 Å². The molecule has 0 fully saturated rings. The zero-order chi connectivity index (χ0) is 26.3. The van der Waals surface area contributed by atoms with E-state index in [1.54, 1.807) is 24.3 Å². The highest BCUT2D eigenvalue weighted by molar-refractivity contribution is 5.99. The summed E-state index contributed by atoms with van der Waals surface area (Å²) < 4.78 is 0. The summed E-state index contributed by atoms with van der Waals surface area (Å²) in [6.45, 7) is 6.50. The van der Waals surface area contributed by atoms with Gasteiger partial charge in [0, 0.05) is 36.3 Å². The van der Waals surface area contributed by atoms with Gasteiger partial charge >= 0.3 is 0 Å². The molecule has 7 nitrogen and oxygen atoms in total. The van der Waals surface area contributed by atoms with Crippen molar-refractivity contribution in [2.45, 2.75) is 39.0 Å². The maximum atomic E-state index is 12.9. The molecule has 0 aliphatic heterocycles. The fourth-order valence-electron chi connectivity index (χ4n) is 3.81. The molecule has 0 atom stereocenters. The van der Waals surface area contributed by atoms with Crippen molar-refractivity contribution in [1.82, 2.24) is 0 Å². The highest BCUT2D eigenvalue weighted by Crippen LogP contribution is 2.28. The molecule has 0 unspecified atom stereocenters. The number of amides is 2. The molecular weight excluding hydrogens is 452 g/mol. The van der Waals surface area contributed by atoms with Gasteiger partial charge in [0.25, 0.3) is 0 Å². The number of anilines is 2. The number of nitrogens with zero attached hydrogens (tertiary/aromatic N) is 1. The molecule has 0 spiro atoms. The molecule has 36 heavy (non-hydrogen) atoms. The second-order valence-corrected chi connectivity index (χ2v) is 9.68. The minimum absolute atomic E-state index is 0.00732. The van der Waals surface area contributed by atoms with Gasteiger partial charge in [-0.1, -0.05) is 57.2 Å². The van der Waals surface area contributed by atoms with Crippen LogP contribution >= 0.6 is 0 Å². The number of nitrogens with one attached hydrogen (secondary N) is 2. The maximum absolute atomic E-state index is 12.9. The number of nitrogens with two attached hydrogens (primary N) is 1. The summed E-state index contributed by atoms with van der Waals surface area (Å²) in [5, 5.41) is 19.7. The lowest BCUT2D eigenvalue weighted by molar-refractivity contribution is -0.122. The normalized spacial score (nSPS) is 11.1. The van der Waals surface area contributed by atoms with Gasteiger partial charge in [-0.05, 0) is 58.5 Å². The van der Waals surface area contributed by atoms with Crippen molar-refractivity contribution in [3.8, 4) is 11.1 Å². The van der Waals surface area contributed by atoms with Crippen LogP contribution in [0.4, 0.5) is 11.4 Å². The van der Waals surface area contributed by atoms with E-state index >= 15 is 0 Å². The molecule has 0 bridgehead atoms. The Morgan fingerprint density at radius 1 is 0.889 bits per heavy atom. The second kappa shape index (κ2) is 11.6. The average molecular weight is 487 g/mol. The van der Waals surface area contributed by atoms with Crippen molar-refractivity contribution >= 4 is 29.0 Å². The molecule has 2 amide bonds. The molecule has 7 heteroatoms. The summed E-state index contributed by atoms with van der Waals surface area (Å²) in [5.41, 5.74) is 10.7. The zero-order valence-electron chi connectivity index (χ0n) is 21.0. The molecule has 3 rings (SSSR count). The van der Waals surface area contributed by atoms with Crippen molar-refractivity contribution in [2.75, 3.05) is 23.4 Å². The fourth-order valence-corrected chi connectivity index (χ4v) is 3.81. The summed E-state index contributed by atoms with van der Waals surface area (Å²) in [5.74, 6) is -0.584. The Labute approximate surface area is 212 Å². The summed E-state index contributed by atoms with van der Waals surface area (Å²) in [7, 11) is 0. The standard InChI is InChI=1S/C29H34N4O3/c1-29(2,3)23-10-4-20(5-11-23)21-8-14-25(15-9-21)33(18-19-34)27(36)17-16-26(35)32-24-12-6-22(7-13-24)28(30)31/h4-15,34H,16-19H2,1-3H3,(H3,30,31)(H,32,35). The fraction of sp³-hybridized carbons (Fsp3) is 0.276. The van der Waals surface area contributed by atoms with Gasteiger partial charge in [0.15, 0.2) is 0 Å². The quantitative estimate of drug-likeness (QED) is 0.259. The minimum atomic E-state index is -0.295. The predicted octanol–water partition coefficient (Wildman–Crippen LogP) is 4.68. The van der Waals surface area contributed by atoms with Gasteiger partial charge in [0.05, 0.1) is 6.61 Å². The Bertz CT molecular complexity index is 1200. The van der Waals surface area contributed by atoms with E-state index in [1.165, 1.54) is 10.5 Å². The van der Waals surface area contributed by atoms with E-state index < -0.39 is 0 Å². The van der Waals surface area contributed by atoms with Crippen LogP contribution in [0.3, 0.4) is 0 Å². The van der Waals surface area contributed by atoms with Crippen molar-refractivity contribution in [1.29, 1.82) is 5.41 Å². The van der Waals surface area contributed by atoms with Crippen LogP contribution in [0.1, 0.15) is 44.7 Å². The van der Waals surface area contributed by atoms with Crippen LogP contribution in [-0.2, 0) is 15.0 Å².